The second-order valence-electron chi connectivity index (χ2n) is 4.30. The van der Waals surface area contributed by atoms with E-state index in [-0.39, 0.29) is 5.91 Å². The smallest absolute Gasteiger partial charge is 0.256 e. The number of rotatable bonds is 3. The van der Waals surface area contributed by atoms with E-state index in [0.29, 0.717) is 17.0 Å². The lowest BCUT2D eigenvalue weighted by molar-refractivity contribution is 0.102. The molecule has 0 aliphatic carbocycles. The third-order valence-corrected chi connectivity index (χ3v) is 3.65. The fourth-order valence-electron chi connectivity index (χ4n) is 1.82. The molecule has 0 bridgehead atoms. The summed E-state index contributed by atoms with van der Waals surface area (Å²) in [7, 11) is 1.57. The largest absolute Gasteiger partial charge is 0.495 e. The van der Waals surface area contributed by atoms with Crippen molar-refractivity contribution in [2.45, 2.75) is 11.8 Å². The molecule has 0 aromatic heterocycles. The molecular formula is C15H14BrNO2S. The van der Waals surface area contributed by atoms with Gasteiger partial charge in [-0.25, -0.2) is 0 Å². The standard InChI is InChI=1S/C15H14BrNO2S/c1-9-3-5-11(20)8-12(9)15(18)17-13-7-10(16)4-6-14(13)19-2/h3-8,20H,1-2H3,(H,17,18). The molecule has 2 aromatic rings. The van der Waals surface area contributed by atoms with Crippen LogP contribution in [0.1, 0.15) is 15.9 Å². The van der Waals surface area contributed by atoms with Gasteiger partial charge in [-0.15, -0.1) is 12.6 Å². The van der Waals surface area contributed by atoms with E-state index >= 15 is 0 Å². The van der Waals surface area contributed by atoms with Gasteiger partial charge in [0, 0.05) is 14.9 Å². The molecular weight excluding hydrogens is 338 g/mol. The zero-order valence-corrected chi connectivity index (χ0v) is 13.6. The number of carbonyl (C=O) groups is 1. The van der Waals surface area contributed by atoms with Gasteiger partial charge in [-0.1, -0.05) is 22.0 Å². The van der Waals surface area contributed by atoms with Crippen LogP contribution in [0.15, 0.2) is 45.8 Å². The van der Waals surface area contributed by atoms with E-state index in [1.54, 1.807) is 25.3 Å². The summed E-state index contributed by atoms with van der Waals surface area (Å²) in [6.45, 7) is 1.89. The van der Waals surface area contributed by atoms with Gasteiger partial charge in [-0.3, -0.25) is 4.79 Å². The summed E-state index contributed by atoms with van der Waals surface area (Å²) in [5.41, 5.74) is 2.12. The van der Waals surface area contributed by atoms with Gasteiger partial charge < -0.3 is 10.1 Å². The predicted molar refractivity (Wildman–Crippen MR) is 87.1 cm³/mol. The topological polar surface area (TPSA) is 38.3 Å². The summed E-state index contributed by atoms with van der Waals surface area (Å²) in [5, 5.41) is 2.86. The van der Waals surface area contributed by atoms with E-state index in [1.165, 1.54) is 0 Å². The van der Waals surface area contributed by atoms with Gasteiger partial charge in [0.05, 0.1) is 12.8 Å². The highest BCUT2D eigenvalue weighted by atomic mass is 79.9. The van der Waals surface area contributed by atoms with Gasteiger partial charge in [0.15, 0.2) is 0 Å². The van der Waals surface area contributed by atoms with Crippen molar-refractivity contribution in [3.63, 3.8) is 0 Å². The van der Waals surface area contributed by atoms with Crippen molar-refractivity contribution < 1.29 is 9.53 Å². The molecule has 0 aliphatic rings. The van der Waals surface area contributed by atoms with Crippen molar-refractivity contribution in [3.05, 3.63) is 52.0 Å². The first kappa shape index (κ1) is 14.9. The maximum absolute atomic E-state index is 12.4. The fraction of sp³-hybridized carbons (Fsp3) is 0.133. The minimum absolute atomic E-state index is 0.185. The maximum Gasteiger partial charge on any atom is 0.256 e. The van der Waals surface area contributed by atoms with Crippen LogP contribution in [-0.4, -0.2) is 13.0 Å². The average molecular weight is 352 g/mol. The quantitative estimate of drug-likeness (QED) is 0.808. The Morgan fingerprint density at radius 2 is 2.00 bits per heavy atom. The van der Waals surface area contributed by atoms with Crippen molar-refractivity contribution >= 4 is 40.2 Å². The Morgan fingerprint density at radius 3 is 2.70 bits per heavy atom. The van der Waals surface area contributed by atoms with E-state index in [1.807, 2.05) is 25.1 Å². The number of nitrogens with one attached hydrogen (secondary N) is 1. The molecule has 0 aliphatic heterocycles. The van der Waals surface area contributed by atoms with E-state index < -0.39 is 0 Å². The van der Waals surface area contributed by atoms with Crippen LogP contribution in [0.2, 0.25) is 0 Å². The summed E-state index contributed by atoms with van der Waals surface area (Å²) < 4.78 is 6.11. The average Bonchev–Trinajstić information content (AvgIpc) is 2.41. The Bertz CT molecular complexity index is 658. The highest BCUT2D eigenvalue weighted by Crippen LogP contribution is 2.28. The van der Waals surface area contributed by atoms with Crippen LogP contribution >= 0.6 is 28.6 Å². The van der Waals surface area contributed by atoms with Gasteiger partial charge >= 0.3 is 0 Å². The van der Waals surface area contributed by atoms with E-state index in [0.717, 1.165) is 14.9 Å². The number of hydrogen-bond donors (Lipinski definition) is 2. The number of hydrogen-bond acceptors (Lipinski definition) is 3. The maximum atomic E-state index is 12.4. The van der Waals surface area contributed by atoms with E-state index in [9.17, 15) is 4.79 Å². The number of thiol groups is 1. The number of methoxy groups -OCH3 is 1. The zero-order chi connectivity index (χ0) is 14.7. The highest BCUT2D eigenvalue weighted by molar-refractivity contribution is 9.10. The van der Waals surface area contributed by atoms with Gasteiger partial charge in [-0.05, 0) is 42.8 Å². The van der Waals surface area contributed by atoms with Crippen molar-refractivity contribution in [2.24, 2.45) is 0 Å². The second kappa shape index (κ2) is 6.33. The fourth-order valence-corrected chi connectivity index (χ4v) is 2.39. The molecule has 104 valence electrons. The molecule has 3 nitrogen and oxygen atoms in total. The Morgan fingerprint density at radius 1 is 1.25 bits per heavy atom. The van der Waals surface area contributed by atoms with Crippen molar-refractivity contribution in [1.29, 1.82) is 0 Å². The highest BCUT2D eigenvalue weighted by Gasteiger charge is 2.12. The van der Waals surface area contributed by atoms with Gasteiger partial charge in [-0.2, -0.15) is 0 Å². The van der Waals surface area contributed by atoms with Gasteiger partial charge in [0.1, 0.15) is 5.75 Å². The van der Waals surface area contributed by atoms with Crippen molar-refractivity contribution in [1.82, 2.24) is 0 Å². The SMILES string of the molecule is COc1ccc(Br)cc1NC(=O)c1cc(S)ccc1C. The van der Waals surface area contributed by atoms with Crippen LogP contribution in [-0.2, 0) is 0 Å². The first-order valence-electron chi connectivity index (χ1n) is 5.96. The molecule has 20 heavy (non-hydrogen) atoms. The predicted octanol–water partition coefficient (Wildman–Crippen LogP) is 4.31. The van der Waals surface area contributed by atoms with Crippen molar-refractivity contribution in [2.75, 3.05) is 12.4 Å². The van der Waals surface area contributed by atoms with Crippen LogP contribution in [0.25, 0.3) is 0 Å². The summed E-state index contributed by atoms with van der Waals surface area (Å²) in [6, 6.07) is 10.9. The number of aryl methyl sites for hydroxylation is 1. The minimum Gasteiger partial charge on any atom is -0.495 e. The molecule has 0 unspecified atom stereocenters. The number of amides is 1. The summed E-state index contributed by atoms with van der Waals surface area (Å²) in [4.78, 5) is 13.1. The molecule has 1 amide bonds. The molecule has 2 rings (SSSR count). The number of carbonyl (C=O) groups excluding carboxylic acids is 1. The molecule has 0 fully saturated rings. The Balaban J connectivity index is 2.32. The zero-order valence-electron chi connectivity index (χ0n) is 11.1. The lowest BCUT2D eigenvalue weighted by atomic mass is 10.1. The first-order chi connectivity index (χ1) is 9.51. The minimum atomic E-state index is -0.185. The van der Waals surface area contributed by atoms with E-state index in [2.05, 4.69) is 33.9 Å². The first-order valence-corrected chi connectivity index (χ1v) is 7.20. The number of halogens is 1. The molecule has 2 aromatic carbocycles. The molecule has 5 heteroatoms. The normalized spacial score (nSPS) is 10.2. The second-order valence-corrected chi connectivity index (χ2v) is 5.73. The summed E-state index contributed by atoms with van der Waals surface area (Å²) in [5.74, 6) is 0.427. The van der Waals surface area contributed by atoms with Gasteiger partial charge in [0.25, 0.3) is 5.91 Å². The number of ether oxygens (including phenoxy) is 1. The number of anilines is 1. The lowest BCUT2D eigenvalue weighted by Gasteiger charge is -2.12. The monoisotopic (exact) mass is 351 g/mol. The van der Waals surface area contributed by atoms with Crippen LogP contribution in [0, 0.1) is 6.92 Å². The van der Waals surface area contributed by atoms with Crippen LogP contribution in [0.3, 0.4) is 0 Å². The molecule has 0 heterocycles. The molecule has 0 saturated heterocycles. The molecule has 0 spiro atoms. The Hall–Kier alpha value is -1.46. The Labute approximate surface area is 131 Å². The third kappa shape index (κ3) is 3.35. The van der Waals surface area contributed by atoms with Crippen molar-refractivity contribution in [3.8, 4) is 5.75 Å². The Kier molecular flexibility index (Phi) is 4.73. The third-order valence-electron chi connectivity index (χ3n) is 2.88. The van der Waals surface area contributed by atoms with E-state index in [4.69, 9.17) is 4.74 Å². The molecule has 0 atom stereocenters. The lowest BCUT2D eigenvalue weighted by Crippen LogP contribution is -2.14. The van der Waals surface area contributed by atoms with Gasteiger partial charge in [0.2, 0.25) is 0 Å². The van der Waals surface area contributed by atoms with Crippen LogP contribution in [0.5, 0.6) is 5.75 Å². The van der Waals surface area contributed by atoms with Crippen LogP contribution < -0.4 is 10.1 Å². The summed E-state index contributed by atoms with van der Waals surface area (Å²) >= 11 is 7.64. The number of benzene rings is 2. The summed E-state index contributed by atoms with van der Waals surface area (Å²) in [6.07, 6.45) is 0. The van der Waals surface area contributed by atoms with Crippen LogP contribution in [0.4, 0.5) is 5.69 Å². The molecule has 0 radical (unpaired) electrons. The molecule has 0 saturated carbocycles. The molecule has 1 N–H and O–H groups in total.